The summed E-state index contributed by atoms with van der Waals surface area (Å²) < 4.78 is 13.0. The number of halogens is 1. The number of amides is 1. The summed E-state index contributed by atoms with van der Waals surface area (Å²) in [5.74, 6) is -1.46. The Kier molecular flexibility index (Phi) is 3.99. The predicted octanol–water partition coefficient (Wildman–Crippen LogP) is 1.77. The molecule has 0 atom stereocenters. The molecule has 1 fully saturated rings. The summed E-state index contributed by atoms with van der Waals surface area (Å²) in [5.41, 5.74) is -1.73. The number of nitro benzene ring substituents is 1. The van der Waals surface area contributed by atoms with E-state index in [0.717, 1.165) is 25.0 Å². The average molecular weight is 282 g/mol. The molecule has 1 aromatic carbocycles. The van der Waals surface area contributed by atoms with Crippen LogP contribution < -0.4 is 5.32 Å². The Morgan fingerprint density at radius 3 is 2.70 bits per heavy atom. The zero-order valence-electron chi connectivity index (χ0n) is 10.8. The van der Waals surface area contributed by atoms with Gasteiger partial charge >= 0.3 is 0 Å². The minimum Gasteiger partial charge on any atom is -0.388 e. The zero-order valence-corrected chi connectivity index (χ0v) is 10.8. The summed E-state index contributed by atoms with van der Waals surface area (Å²) in [4.78, 5) is 21.9. The fraction of sp³-hybridized carbons (Fsp3) is 0.462. The van der Waals surface area contributed by atoms with Crippen LogP contribution in [0.15, 0.2) is 18.2 Å². The van der Waals surface area contributed by atoms with Crippen molar-refractivity contribution < 1.29 is 19.2 Å². The molecular weight excluding hydrogens is 267 g/mol. The van der Waals surface area contributed by atoms with Crippen molar-refractivity contribution in [1.29, 1.82) is 0 Å². The highest BCUT2D eigenvalue weighted by Crippen LogP contribution is 2.29. The van der Waals surface area contributed by atoms with Gasteiger partial charge in [0.15, 0.2) is 0 Å². The van der Waals surface area contributed by atoms with Crippen molar-refractivity contribution in [3.05, 3.63) is 39.7 Å². The van der Waals surface area contributed by atoms with E-state index in [0.29, 0.717) is 18.9 Å². The lowest BCUT2D eigenvalue weighted by atomic mass is 10.0. The Bertz CT molecular complexity index is 541. The smallest absolute Gasteiger partial charge is 0.285 e. The molecule has 0 aliphatic heterocycles. The van der Waals surface area contributed by atoms with Crippen molar-refractivity contribution in [2.24, 2.45) is 0 Å². The molecule has 0 spiro atoms. The van der Waals surface area contributed by atoms with E-state index < -0.39 is 27.9 Å². The molecule has 0 heterocycles. The number of rotatable bonds is 4. The second-order valence-corrected chi connectivity index (χ2v) is 5.03. The Balaban J connectivity index is 2.11. The van der Waals surface area contributed by atoms with Gasteiger partial charge in [0, 0.05) is 6.54 Å². The summed E-state index contributed by atoms with van der Waals surface area (Å²) in [7, 11) is 0. The van der Waals surface area contributed by atoms with Gasteiger partial charge in [0.25, 0.3) is 11.6 Å². The molecule has 1 amide bonds. The number of nitro groups is 1. The number of nitrogens with zero attached hydrogens (tertiary/aromatic N) is 1. The van der Waals surface area contributed by atoms with Gasteiger partial charge in [-0.2, -0.15) is 0 Å². The maximum absolute atomic E-state index is 13.0. The Hall–Kier alpha value is -2.02. The lowest BCUT2D eigenvalue weighted by Crippen LogP contribution is -2.40. The summed E-state index contributed by atoms with van der Waals surface area (Å²) in [5, 5.41) is 23.4. The fourth-order valence-electron chi connectivity index (χ4n) is 2.40. The third kappa shape index (κ3) is 3.11. The van der Waals surface area contributed by atoms with Gasteiger partial charge in [0.2, 0.25) is 0 Å². The Labute approximate surface area is 114 Å². The minimum atomic E-state index is -0.940. The third-order valence-electron chi connectivity index (χ3n) is 3.51. The molecule has 2 N–H and O–H groups in total. The Morgan fingerprint density at radius 1 is 1.45 bits per heavy atom. The highest BCUT2D eigenvalue weighted by atomic mass is 19.1. The van der Waals surface area contributed by atoms with E-state index in [1.165, 1.54) is 0 Å². The Morgan fingerprint density at radius 2 is 2.10 bits per heavy atom. The van der Waals surface area contributed by atoms with E-state index in [2.05, 4.69) is 5.32 Å². The lowest BCUT2D eigenvalue weighted by molar-refractivity contribution is -0.385. The quantitative estimate of drug-likeness (QED) is 0.650. The number of hydrogen-bond donors (Lipinski definition) is 2. The van der Waals surface area contributed by atoms with Crippen molar-refractivity contribution in [1.82, 2.24) is 5.32 Å². The van der Waals surface area contributed by atoms with Crippen LogP contribution in [0.5, 0.6) is 0 Å². The summed E-state index contributed by atoms with van der Waals surface area (Å²) in [6.07, 6.45) is 2.98. The second-order valence-electron chi connectivity index (χ2n) is 5.03. The zero-order chi connectivity index (χ0) is 14.8. The first-order chi connectivity index (χ1) is 9.41. The van der Waals surface area contributed by atoms with Gasteiger partial charge in [-0.25, -0.2) is 4.39 Å². The van der Waals surface area contributed by atoms with E-state index in [1.54, 1.807) is 0 Å². The molecule has 0 bridgehead atoms. The van der Waals surface area contributed by atoms with Crippen molar-refractivity contribution in [2.45, 2.75) is 31.3 Å². The first kappa shape index (κ1) is 14.4. The highest BCUT2D eigenvalue weighted by molar-refractivity contribution is 5.98. The molecule has 0 unspecified atom stereocenters. The first-order valence-corrected chi connectivity index (χ1v) is 6.36. The van der Waals surface area contributed by atoms with Crippen LogP contribution >= 0.6 is 0 Å². The van der Waals surface area contributed by atoms with Crippen LogP contribution in [0.3, 0.4) is 0 Å². The average Bonchev–Trinajstić information content (AvgIpc) is 2.83. The van der Waals surface area contributed by atoms with E-state index in [1.807, 2.05) is 0 Å². The van der Waals surface area contributed by atoms with Crippen molar-refractivity contribution in [2.75, 3.05) is 6.54 Å². The number of carbonyl (C=O) groups is 1. The van der Waals surface area contributed by atoms with Crippen LogP contribution in [-0.2, 0) is 0 Å². The monoisotopic (exact) mass is 282 g/mol. The van der Waals surface area contributed by atoms with Gasteiger partial charge in [0.05, 0.1) is 16.6 Å². The van der Waals surface area contributed by atoms with Crippen LogP contribution in [0.2, 0.25) is 0 Å². The molecule has 108 valence electrons. The van der Waals surface area contributed by atoms with Crippen LogP contribution in [-0.4, -0.2) is 28.1 Å². The molecule has 1 aromatic rings. The fourth-order valence-corrected chi connectivity index (χ4v) is 2.40. The minimum absolute atomic E-state index is 0.0420. The molecule has 2 rings (SSSR count). The predicted molar refractivity (Wildman–Crippen MR) is 68.8 cm³/mol. The van der Waals surface area contributed by atoms with Crippen LogP contribution in [0.25, 0.3) is 0 Å². The third-order valence-corrected chi connectivity index (χ3v) is 3.51. The van der Waals surface area contributed by atoms with E-state index in [4.69, 9.17) is 0 Å². The number of benzene rings is 1. The topological polar surface area (TPSA) is 92.5 Å². The lowest BCUT2D eigenvalue weighted by Gasteiger charge is -2.22. The van der Waals surface area contributed by atoms with Crippen molar-refractivity contribution in [3.8, 4) is 0 Å². The SMILES string of the molecule is O=C(NCC1(O)CCCC1)c1ccc(F)cc1[N+](=O)[O-]. The largest absolute Gasteiger partial charge is 0.388 e. The van der Waals surface area contributed by atoms with E-state index in [9.17, 15) is 24.4 Å². The highest BCUT2D eigenvalue weighted by Gasteiger charge is 2.32. The second kappa shape index (κ2) is 5.54. The van der Waals surface area contributed by atoms with Crippen molar-refractivity contribution in [3.63, 3.8) is 0 Å². The molecule has 6 nitrogen and oxygen atoms in total. The molecule has 1 aliphatic rings. The van der Waals surface area contributed by atoms with E-state index >= 15 is 0 Å². The number of carbonyl (C=O) groups excluding carboxylic acids is 1. The first-order valence-electron chi connectivity index (χ1n) is 6.36. The van der Waals surface area contributed by atoms with Gasteiger partial charge in [-0.05, 0) is 25.0 Å². The maximum Gasteiger partial charge on any atom is 0.285 e. The molecule has 0 aromatic heterocycles. The van der Waals surface area contributed by atoms with Gasteiger partial charge < -0.3 is 10.4 Å². The van der Waals surface area contributed by atoms with Crippen LogP contribution in [0.4, 0.5) is 10.1 Å². The molecule has 0 radical (unpaired) electrons. The number of nitrogens with one attached hydrogen (secondary N) is 1. The number of aliphatic hydroxyl groups is 1. The molecule has 1 aliphatic carbocycles. The molecule has 0 saturated heterocycles. The summed E-state index contributed by atoms with van der Waals surface area (Å²) >= 11 is 0. The molecule has 7 heteroatoms. The van der Waals surface area contributed by atoms with Gasteiger partial charge in [0.1, 0.15) is 11.4 Å². The summed E-state index contributed by atoms with van der Waals surface area (Å²) in [6, 6.07) is 2.77. The molecule has 1 saturated carbocycles. The van der Waals surface area contributed by atoms with Crippen LogP contribution in [0.1, 0.15) is 36.0 Å². The number of hydrogen-bond acceptors (Lipinski definition) is 4. The van der Waals surface area contributed by atoms with Gasteiger partial charge in [-0.15, -0.1) is 0 Å². The van der Waals surface area contributed by atoms with E-state index in [-0.39, 0.29) is 12.1 Å². The molecule has 20 heavy (non-hydrogen) atoms. The maximum atomic E-state index is 13.0. The van der Waals surface area contributed by atoms with Gasteiger partial charge in [-0.1, -0.05) is 12.8 Å². The molecular formula is C13H15FN2O4. The normalized spacial score (nSPS) is 16.9. The van der Waals surface area contributed by atoms with Gasteiger partial charge in [-0.3, -0.25) is 14.9 Å². The summed E-state index contributed by atoms with van der Waals surface area (Å²) in [6.45, 7) is 0.0420. The standard InChI is InChI=1S/C13H15FN2O4/c14-9-3-4-10(11(7-9)16(19)20)12(17)15-8-13(18)5-1-2-6-13/h3-4,7,18H,1-2,5-6,8H2,(H,15,17). The van der Waals surface area contributed by atoms with Crippen LogP contribution in [0, 0.1) is 15.9 Å². The van der Waals surface area contributed by atoms with Crippen molar-refractivity contribution >= 4 is 11.6 Å².